The SMILES string of the molecule is CNC1CCCCC1OCCOCCC(C)C. The lowest BCUT2D eigenvalue weighted by molar-refractivity contribution is -0.0253. The van der Waals surface area contributed by atoms with Crippen molar-refractivity contribution in [3.8, 4) is 0 Å². The Balaban J connectivity index is 2.01. The summed E-state index contributed by atoms with van der Waals surface area (Å²) in [5, 5.41) is 3.36. The molecule has 0 spiro atoms. The molecule has 0 aromatic carbocycles. The smallest absolute Gasteiger partial charge is 0.0729 e. The molecule has 1 N–H and O–H groups in total. The van der Waals surface area contributed by atoms with Gasteiger partial charge in [-0.25, -0.2) is 0 Å². The van der Waals surface area contributed by atoms with Crippen molar-refractivity contribution in [3.63, 3.8) is 0 Å². The molecule has 102 valence electrons. The van der Waals surface area contributed by atoms with Gasteiger partial charge in [0.25, 0.3) is 0 Å². The third kappa shape index (κ3) is 6.39. The predicted molar refractivity (Wildman–Crippen MR) is 71.3 cm³/mol. The van der Waals surface area contributed by atoms with Crippen LogP contribution in [0.1, 0.15) is 46.0 Å². The highest BCUT2D eigenvalue weighted by Gasteiger charge is 2.23. The fourth-order valence-corrected chi connectivity index (χ4v) is 2.31. The molecule has 1 aliphatic carbocycles. The van der Waals surface area contributed by atoms with Crippen molar-refractivity contribution in [3.05, 3.63) is 0 Å². The zero-order valence-corrected chi connectivity index (χ0v) is 11.7. The number of rotatable bonds is 8. The number of nitrogens with one attached hydrogen (secondary N) is 1. The number of hydrogen-bond donors (Lipinski definition) is 1. The van der Waals surface area contributed by atoms with Gasteiger partial charge < -0.3 is 14.8 Å². The molecule has 0 bridgehead atoms. The first-order valence-corrected chi connectivity index (χ1v) is 7.10. The molecule has 2 unspecified atom stereocenters. The third-order valence-corrected chi connectivity index (χ3v) is 3.47. The van der Waals surface area contributed by atoms with Gasteiger partial charge in [-0.3, -0.25) is 0 Å². The largest absolute Gasteiger partial charge is 0.379 e. The van der Waals surface area contributed by atoms with E-state index in [9.17, 15) is 0 Å². The lowest BCUT2D eigenvalue weighted by Gasteiger charge is -2.31. The van der Waals surface area contributed by atoms with E-state index in [1.165, 1.54) is 25.7 Å². The van der Waals surface area contributed by atoms with E-state index in [1.54, 1.807) is 0 Å². The molecule has 1 saturated carbocycles. The van der Waals surface area contributed by atoms with Gasteiger partial charge in [0, 0.05) is 12.6 Å². The standard InChI is InChI=1S/C14H29NO2/c1-12(2)8-9-16-10-11-17-14-7-5-4-6-13(14)15-3/h12-15H,4-11H2,1-3H3. The lowest BCUT2D eigenvalue weighted by Crippen LogP contribution is -2.42. The highest BCUT2D eigenvalue weighted by atomic mass is 16.5. The molecule has 0 amide bonds. The number of likely N-dealkylation sites (N-methyl/N-ethyl adjacent to an activating group) is 1. The van der Waals surface area contributed by atoms with Crippen LogP contribution in [0.4, 0.5) is 0 Å². The molecular formula is C14H29NO2. The zero-order chi connectivity index (χ0) is 12.5. The quantitative estimate of drug-likeness (QED) is 0.665. The summed E-state index contributed by atoms with van der Waals surface area (Å²) in [5.74, 6) is 0.725. The summed E-state index contributed by atoms with van der Waals surface area (Å²) >= 11 is 0. The van der Waals surface area contributed by atoms with Crippen LogP contribution in [0.3, 0.4) is 0 Å². The maximum Gasteiger partial charge on any atom is 0.0729 e. The van der Waals surface area contributed by atoms with Crippen molar-refractivity contribution < 1.29 is 9.47 Å². The Labute approximate surface area is 106 Å². The van der Waals surface area contributed by atoms with Gasteiger partial charge in [-0.1, -0.05) is 26.7 Å². The average Bonchev–Trinajstić information content (AvgIpc) is 2.33. The number of hydrogen-bond acceptors (Lipinski definition) is 3. The Morgan fingerprint density at radius 1 is 1.12 bits per heavy atom. The van der Waals surface area contributed by atoms with Crippen LogP contribution >= 0.6 is 0 Å². The Bertz CT molecular complexity index is 185. The van der Waals surface area contributed by atoms with Crippen molar-refractivity contribution in [2.45, 2.75) is 58.1 Å². The Morgan fingerprint density at radius 2 is 1.88 bits per heavy atom. The summed E-state index contributed by atoms with van der Waals surface area (Å²) in [4.78, 5) is 0. The Kier molecular flexibility index (Phi) is 7.82. The first-order valence-electron chi connectivity index (χ1n) is 7.10. The van der Waals surface area contributed by atoms with E-state index in [2.05, 4.69) is 19.2 Å². The molecule has 0 aliphatic heterocycles. The second kappa shape index (κ2) is 8.90. The molecular weight excluding hydrogens is 214 g/mol. The minimum atomic E-state index is 0.391. The first kappa shape index (κ1) is 14.9. The summed E-state index contributed by atoms with van der Waals surface area (Å²) in [5.41, 5.74) is 0. The third-order valence-electron chi connectivity index (χ3n) is 3.47. The van der Waals surface area contributed by atoms with Gasteiger partial charge in [0.2, 0.25) is 0 Å². The average molecular weight is 243 g/mol. The van der Waals surface area contributed by atoms with Crippen LogP contribution in [0.2, 0.25) is 0 Å². The van der Waals surface area contributed by atoms with Crippen molar-refractivity contribution in [1.82, 2.24) is 5.32 Å². The normalized spacial score (nSPS) is 25.4. The van der Waals surface area contributed by atoms with Crippen molar-refractivity contribution in [2.75, 3.05) is 26.9 Å². The Hall–Kier alpha value is -0.120. The highest BCUT2D eigenvalue weighted by molar-refractivity contribution is 4.80. The molecule has 1 rings (SSSR count). The van der Waals surface area contributed by atoms with Crippen molar-refractivity contribution in [2.24, 2.45) is 5.92 Å². The van der Waals surface area contributed by atoms with Crippen LogP contribution in [0.15, 0.2) is 0 Å². The molecule has 1 aliphatic rings. The van der Waals surface area contributed by atoms with Crippen LogP contribution in [0.25, 0.3) is 0 Å². The van der Waals surface area contributed by atoms with Gasteiger partial charge in [0.05, 0.1) is 19.3 Å². The molecule has 17 heavy (non-hydrogen) atoms. The first-order chi connectivity index (χ1) is 8.24. The van der Waals surface area contributed by atoms with Crippen LogP contribution in [0, 0.1) is 5.92 Å². The molecule has 0 aromatic heterocycles. The van der Waals surface area contributed by atoms with Crippen molar-refractivity contribution in [1.29, 1.82) is 0 Å². The van der Waals surface area contributed by atoms with Crippen LogP contribution < -0.4 is 5.32 Å². The molecule has 0 aromatic rings. The Morgan fingerprint density at radius 3 is 2.59 bits per heavy atom. The van der Waals surface area contributed by atoms with Gasteiger partial charge >= 0.3 is 0 Å². The minimum Gasteiger partial charge on any atom is -0.379 e. The molecule has 3 nitrogen and oxygen atoms in total. The molecule has 2 atom stereocenters. The molecule has 3 heteroatoms. The van der Waals surface area contributed by atoms with E-state index < -0.39 is 0 Å². The molecule has 0 saturated heterocycles. The van der Waals surface area contributed by atoms with Gasteiger partial charge in [0.1, 0.15) is 0 Å². The second-order valence-electron chi connectivity index (χ2n) is 5.38. The lowest BCUT2D eigenvalue weighted by atomic mass is 9.92. The van der Waals surface area contributed by atoms with E-state index >= 15 is 0 Å². The van der Waals surface area contributed by atoms with Crippen molar-refractivity contribution >= 4 is 0 Å². The monoisotopic (exact) mass is 243 g/mol. The summed E-state index contributed by atoms with van der Waals surface area (Å²) < 4.78 is 11.5. The summed E-state index contributed by atoms with van der Waals surface area (Å²) in [6.45, 7) is 6.78. The summed E-state index contributed by atoms with van der Waals surface area (Å²) in [7, 11) is 2.03. The van der Waals surface area contributed by atoms with Gasteiger partial charge in [-0.2, -0.15) is 0 Å². The molecule has 0 radical (unpaired) electrons. The number of ether oxygens (including phenoxy) is 2. The van der Waals surface area contributed by atoms with Crippen LogP contribution in [-0.4, -0.2) is 39.0 Å². The van der Waals surface area contributed by atoms with Gasteiger partial charge in [0.15, 0.2) is 0 Å². The zero-order valence-electron chi connectivity index (χ0n) is 11.7. The van der Waals surface area contributed by atoms with Crippen LogP contribution in [0.5, 0.6) is 0 Å². The fourth-order valence-electron chi connectivity index (χ4n) is 2.31. The molecule has 0 heterocycles. The van der Waals surface area contributed by atoms with E-state index in [0.717, 1.165) is 32.2 Å². The minimum absolute atomic E-state index is 0.391. The highest BCUT2D eigenvalue weighted by Crippen LogP contribution is 2.20. The van der Waals surface area contributed by atoms with Crippen LogP contribution in [-0.2, 0) is 9.47 Å². The maximum atomic E-state index is 5.91. The summed E-state index contributed by atoms with van der Waals surface area (Å²) in [6, 6.07) is 0.541. The molecule has 1 fully saturated rings. The van der Waals surface area contributed by atoms with Gasteiger partial charge in [-0.05, 0) is 32.2 Å². The fraction of sp³-hybridized carbons (Fsp3) is 1.00. The topological polar surface area (TPSA) is 30.5 Å². The van der Waals surface area contributed by atoms with E-state index in [0.29, 0.717) is 12.1 Å². The van der Waals surface area contributed by atoms with Gasteiger partial charge in [-0.15, -0.1) is 0 Å². The van der Waals surface area contributed by atoms with E-state index in [1.807, 2.05) is 7.05 Å². The van der Waals surface area contributed by atoms with E-state index in [4.69, 9.17) is 9.47 Å². The predicted octanol–water partition coefficient (Wildman–Crippen LogP) is 2.60. The van der Waals surface area contributed by atoms with E-state index in [-0.39, 0.29) is 0 Å². The second-order valence-corrected chi connectivity index (χ2v) is 5.38. The summed E-state index contributed by atoms with van der Waals surface area (Å²) in [6.07, 6.45) is 6.60. The maximum absolute atomic E-state index is 5.91.